The van der Waals surface area contributed by atoms with Gasteiger partial charge in [0.1, 0.15) is 4.90 Å². The van der Waals surface area contributed by atoms with Gasteiger partial charge < -0.3 is 5.73 Å². The van der Waals surface area contributed by atoms with Crippen LogP contribution < -0.4 is 10.5 Å². The molecule has 84 valence electrons. The Morgan fingerprint density at radius 2 is 2.00 bits per heavy atom. The standard InChI is InChI=1S/C7H12N4O3S/c1-4-6(5(2)11(3)9-4)15(13,14)10-7(8)12/h1-3H3,(H3,8,10,12). The molecule has 0 radical (unpaired) electrons. The average molecular weight is 232 g/mol. The van der Waals surface area contributed by atoms with Crippen molar-refractivity contribution in [2.75, 3.05) is 0 Å². The quantitative estimate of drug-likeness (QED) is 0.709. The van der Waals surface area contributed by atoms with Crippen molar-refractivity contribution < 1.29 is 13.2 Å². The third-order valence-corrected chi connectivity index (χ3v) is 3.54. The van der Waals surface area contributed by atoms with Crippen LogP contribution in [0, 0.1) is 13.8 Å². The van der Waals surface area contributed by atoms with Crippen LogP contribution in [0.15, 0.2) is 4.90 Å². The molecule has 2 amide bonds. The summed E-state index contributed by atoms with van der Waals surface area (Å²) in [6, 6.07) is -1.11. The van der Waals surface area contributed by atoms with Crippen molar-refractivity contribution in [3.05, 3.63) is 11.4 Å². The van der Waals surface area contributed by atoms with E-state index < -0.39 is 16.1 Å². The van der Waals surface area contributed by atoms with E-state index >= 15 is 0 Å². The molecule has 0 aromatic carbocycles. The van der Waals surface area contributed by atoms with Crippen molar-refractivity contribution in [3.63, 3.8) is 0 Å². The van der Waals surface area contributed by atoms with E-state index in [1.807, 2.05) is 0 Å². The molecule has 1 heterocycles. The first kappa shape index (κ1) is 11.5. The Morgan fingerprint density at radius 1 is 1.47 bits per heavy atom. The number of sulfonamides is 1. The smallest absolute Gasteiger partial charge is 0.326 e. The summed E-state index contributed by atoms with van der Waals surface area (Å²) in [6.45, 7) is 3.14. The second-order valence-corrected chi connectivity index (χ2v) is 4.71. The molecular weight excluding hydrogens is 220 g/mol. The number of carbonyl (C=O) groups excluding carboxylic acids is 1. The second kappa shape index (κ2) is 3.54. The molecule has 1 aromatic rings. The Bertz CT molecular complexity index is 503. The molecule has 0 unspecified atom stereocenters. The van der Waals surface area contributed by atoms with Gasteiger partial charge in [-0.05, 0) is 13.8 Å². The van der Waals surface area contributed by atoms with E-state index in [1.54, 1.807) is 25.6 Å². The highest BCUT2D eigenvalue weighted by atomic mass is 32.2. The molecule has 0 aliphatic carbocycles. The molecule has 0 spiro atoms. The topological polar surface area (TPSA) is 107 Å². The third kappa shape index (κ3) is 2.09. The summed E-state index contributed by atoms with van der Waals surface area (Å²) >= 11 is 0. The highest BCUT2D eigenvalue weighted by Gasteiger charge is 2.24. The lowest BCUT2D eigenvalue weighted by atomic mass is 10.4. The van der Waals surface area contributed by atoms with Crippen LogP contribution in [0.25, 0.3) is 0 Å². The van der Waals surface area contributed by atoms with Gasteiger partial charge in [0.25, 0.3) is 10.0 Å². The van der Waals surface area contributed by atoms with Gasteiger partial charge in [0.15, 0.2) is 0 Å². The molecule has 0 saturated heterocycles. The lowest BCUT2D eigenvalue weighted by Gasteiger charge is -2.04. The highest BCUT2D eigenvalue weighted by molar-refractivity contribution is 7.90. The summed E-state index contributed by atoms with van der Waals surface area (Å²) in [5.41, 5.74) is 5.53. The fourth-order valence-electron chi connectivity index (χ4n) is 1.33. The molecular formula is C7H12N4O3S. The van der Waals surface area contributed by atoms with E-state index in [1.165, 1.54) is 4.68 Å². The van der Waals surface area contributed by atoms with Crippen molar-refractivity contribution in [2.24, 2.45) is 12.8 Å². The maximum Gasteiger partial charge on any atom is 0.326 e. The Morgan fingerprint density at radius 3 is 2.33 bits per heavy atom. The maximum atomic E-state index is 11.6. The van der Waals surface area contributed by atoms with Crippen LogP contribution in [0.2, 0.25) is 0 Å². The maximum absolute atomic E-state index is 11.6. The zero-order valence-electron chi connectivity index (χ0n) is 8.60. The zero-order valence-corrected chi connectivity index (χ0v) is 9.42. The van der Waals surface area contributed by atoms with Gasteiger partial charge in [0.2, 0.25) is 0 Å². The molecule has 0 bridgehead atoms. The number of nitrogens with zero attached hydrogens (tertiary/aromatic N) is 2. The molecule has 0 fully saturated rings. The van der Waals surface area contributed by atoms with Crippen LogP contribution in [-0.4, -0.2) is 24.2 Å². The molecule has 1 rings (SSSR count). The summed E-state index contributed by atoms with van der Waals surface area (Å²) in [5, 5.41) is 3.93. The number of nitrogens with one attached hydrogen (secondary N) is 1. The number of carbonyl (C=O) groups is 1. The Hall–Kier alpha value is -1.57. The van der Waals surface area contributed by atoms with Gasteiger partial charge in [-0.1, -0.05) is 0 Å². The van der Waals surface area contributed by atoms with Crippen LogP contribution in [0.5, 0.6) is 0 Å². The summed E-state index contributed by atoms with van der Waals surface area (Å²) < 4.78 is 26.4. The normalized spacial score (nSPS) is 11.4. The van der Waals surface area contributed by atoms with E-state index in [0.717, 1.165) is 0 Å². The van der Waals surface area contributed by atoms with Crippen LogP contribution in [0.1, 0.15) is 11.4 Å². The lowest BCUT2D eigenvalue weighted by molar-refractivity contribution is 0.253. The van der Waals surface area contributed by atoms with Gasteiger partial charge in [-0.3, -0.25) is 4.68 Å². The SMILES string of the molecule is Cc1nn(C)c(C)c1S(=O)(=O)NC(N)=O. The number of rotatable bonds is 2. The number of amides is 2. The average Bonchev–Trinajstić information content (AvgIpc) is 2.23. The first-order valence-corrected chi connectivity index (χ1v) is 5.56. The first-order valence-electron chi connectivity index (χ1n) is 4.08. The summed E-state index contributed by atoms with van der Waals surface area (Å²) in [5.74, 6) is 0. The van der Waals surface area contributed by atoms with E-state index in [-0.39, 0.29) is 4.90 Å². The van der Waals surface area contributed by atoms with E-state index in [0.29, 0.717) is 11.4 Å². The second-order valence-electron chi connectivity index (χ2n) is 3.09. The van der Waals surface area contributed by atoms with Crippen molar-refractivity contribution in [3.8, 4) is 0 Å². The van der Waals surface area contributed by atoms with Crippen LogP contribution in [0.3, 0.4) is 0 Å². The summed E-state index contributed by atoms with van der Waals surface area (Å²) in [7, 11) is -2.29. The number of aromatic nitrogens is 2. The first-order chi connectivity index (χ1) is 6.75. The molecule has 0 saturated carbocycles. The molecule has 1 aromatic heterocycles. The van der Waals surface area contributed by atoms with Gasteiger partial charge in [-0.15, -0.1) is 0 Å². The predicted octanol–water partition coefficient (Wildman–Crippen LogP) is -0.606. The van der Waals surface area contributed by atoms with Crippen molar-refractivity contribution in [1.29, 1.82) is 0 Å². The van der Waals surface area contributed by atoms with Gasteiger partial charge >= 0.3 is 6.03 Å². The third-order valence-electron chi connectivity index (χ3n) is 1.95. The van der Waals surface area contributed by atoms with E-state index in [2.05, 4.69) is 5.10 Å². The molecule has 7 nitrogen and oxygen atoms in total. The number of hydrogen-bond donors (Lipinski definition) is 2. The summed E-state index contributed by atoms with van der Waals surface area (Å²) in [4.78, 5) is 10.5. The molecule has 8 heteroatoms. The Labute approximate surface area is 87.3 Å². The number of urea groups is 1. The monoisotopic (exact) mass is 232 g/mol. The number of nitrogens with two attached hydrogens (primary N) is 1. The van der Waals surface area contributed by atoms with Crippen molar-refractivity contribution in [1.82, 2.24) is 14.5 Å². The fourth-order valence-corrected chi connectivity index (χ4v) is 2.64. The zero-order chi connectivity index (χ0) is 11.8. The van der Waals surface area contributed by atoms with Crippen LogP contribution in [-0.2, 0) is 17.1 Å². The molecule has 15 heavy (non-hydrogen) atoms. The summed E-state index contributed by atoms with van der Waals surface area (Å²) in [6.07, 6.45) is 0. The molecule has 0 aliphatic rings. The minimum Gasteiger partial charge on any atom is -0.351 e. The minimum atomic E-state index is -3.91. The largest absolute Gasteiger partial charge is 0.351 e. The van der Waals surface area contributed by atoms with Crippen molar-refractivity contribution in [2.45, 2.75) is 18.7 Å². The molecule has 0 aliphatic heterocycles. The van der Waals surface area contributed by atoms with E-state index in [4.69, 9.17) is 5.73 Å². The van der Waals surface area contributed by atoms with E-state index in [9.17, 15) is 13.2 Å². The lowest BCUT2D eigenvalue weighted by Crippen LogP contribution is -2.35. The predicted molar refractivity (Wildman–Crippen MR) is 52.6 cm³/mol. The van der Waals surface area contributed by atoms with Gasteiger partial charge in [-0.25, -0.2) is 17.9 Å². The molecule has 0 atom stereocenters. The van der Waals surface area contributed by atoms with Crippen LogP contribution in [0.4, 0.5) is 4.79 Å². The van der Waals surface area contributed by atoms with Crippen LogP contribution >= 0.6 is 0 Å². The fraction of sp³-hybridized carbons (Fsp3) is 0.429. The number of primary amides is 1. The highest BCUT2D eigenvalue weighted by Crippen LogP contribution is 2.17. The number of aryl methyl sites for hydroxylation is 2. The Balaban J connectivity index is 3.33. The Kier molecular flexibility index (Phi) is 2.71. The van der Waals surface area contributed by atoms with Crippen molar-refractivity contribution >= 4 is 16.1 Å². The van der Waals surface area contributed by atoms with Gasteiger partial charge in [-0.2, -0.15) is 5.10 Å². The van der Waals surface area contributed by atoms with Gasteiger partial charge in [0.05, 0.1) is 11.4 Å². The number of hydrogen-bond acceptors (Lipinski definition) is 4. The minimum absolute atomic E-state index is 0.0104. The van der Waals surface area contributed by atoms with Gasteiger partial charge in [0, 0.05) is 7.05 Å². The molecule has 3 N–H and O–H groups in total.